The first-order valence-corrected chi connectivity index (χ1v) is 5.80. The highest BCUT2D eigenvalue weighted by molar-refractivity contribution is 7.89. The number of aryl methyl sites for hydroxylation is 1. The third-order valence-corrected chi connectivity index (χ3v) is 3.72. The molecule has 0 saturated heterocycles. The van der Waals surface area contributed by atoms with E-state index in [2.05, 4.69) is 0 Å². The van der Waals surface area contributed by atoms with Crippen molar-refractivity contribution in [2.75, 3.05) is 0 Å². The van der Waals surface area contributed by atoms with Gasteiger partial charge in [-0.15, -0.1) is 0 Å². The maximum absolute atomic E-state index is 11.3. The predicted molar refractivity (Wildman–Crippen MR) is 55.7 cm³/mol. The van der Waals surface area contributed by atoms with Crippen molar-refractivity contribution in [1.29, 1.82) is 0 Å². The number of hydrazine groups is 1. The molecular formula is C7H8Cl2N2O2S. The topological polar surface area (TPSA) is 72.2 Å². The lowest BCUT2D eigenvalue weighted by molar-refractivity contribution is 0.584. The quantitative estimate of drug-likeness (QED) is 0.620. The summed E-state index contributed by atoms with van der Waals surface area (Å²) in [6, 6.07) is 2.72. The van der Waals surface area contributed by atoms with Crippen LogP contribution in [0.15, 0.2) is 17.0 Å². The molecule has 0 aliphatic carbocycles. The minimum Gasteiger partial charge on any atom is -0.257 e. The summed E-state index contributed by atoms with van der Waals surface area (Å²) in [5.74, 6) is 4.87. The van der Waals surface area contributed by atoms with Gasteiger partial charge in [-0.05, 0) is 24.6 Å². The van der Waals surface area contributed by atoms with Gasteiger partial charge < -0.3 is 0 Å². The molecule has 0 saturated carbocycles. The number of hydrogen-bond acceptors (Lipinski definition) is 3. The Balaban J connectivity index is 3.45. The lowest BCUT2D eigenvalue weighted by atomic mass is 10.2. The first-order valence-electron chi connectivity index (χ1n) is 3.56. The van der Waals surface area contributed by atoms with Crippen molar-refractivity contribution in [3.05, 3.63) is 27.7 Å². The summed E-state index contributed by atoms with van der Waals surface area (Å²) in [7, 11) is -3.73. The van der Waals surface area contributed by atoms with E-state index >= 15 is 0 Å². The molecule has 0 radical (unpaired) electrons. The third-order valence-electron chi connectivity index (χ3n) is 1.66. The molecule has 1 aromatic rings. The van der Waals surface area contributed by atoms with Crippen molar-refractivity contribution in [3.8, 4) is 0 Å². The summed E-state index contributed by atoms with van der Waals surface area (Å²) in [5.41, 5.74) is 0.616. The molecule has 0 aromatic heterocycles. The van der Waals surface area contributed by atoms with Crippen LogP contribution in [0.25, 0.3) is 0 Å². The number of nitrogens with one attached hydrogen (secondary N) is 1. The monoisotopic (exact) mass is 254 g/mol. The summed E-state index contributed by atoms with van der Waals surface area (Å²) >= 11 is 11.5. The fraction of sp³-hybridized carbons (Fsp3) is 0.143. The first-order chi connectivity index (χ1) is 6.38. The SMILES string of the molecule is Cc1cc(S(=O)(=O)NN)c(Cl)cc1Cl. The van der Waals surface area contributed by atoms with E-state index < -0.39 is 10.0 Å². The maximum atomic E-state index is 11.3. The minimum absolute atomic E-state index is 0.0403. The second-order valence-electron chi connectivity index (χ2n) is 2.65. The van der Waals surface area contributed by atoms with Crippen LogP contribution >= 0.6 is 23.2 Å². The van der Waals surface area contributed by atoms with Crippen molar-refractivity contribution in [3.63, 3.8) is 0 Å². The molecule has 78 valence electrons. The fourth-order valence-corrected chi connectivity index (χ4v) is 2.36. The third kappa shape index (κ3) is 2.18. The van der Waals surface area contributed by atoms with Crippen LogP contribution in [0.3, 0.4) is 0 Å². The van der Waals surface area contributed by atoms with Crippen molar-refractivity contribution in [1.82, 2.24) is 4.83 Å². The Morgan fingerprint density at radius 3 is 2.36 bits per heavy atom. The second kappa shape index (κ2) is 4.04. The van der Waals surface area contributed by atoms with Gasteiger partial charge in [-0.1, -0.05) is 23.2 Å². The highest BCUT2D eigenvalue weighted by Gasteiger charge is 2.17. The van der Waals surface area contributed by atoms with Crippen LogP contribution in [0.2, 0.25) is 10.0 Å². The number of rotatable bonds is 2. The molecule has 0 amide bonds. The maximum Gasteiger partial charge on any atom is 0.254 e. The molecule has 1 aromatic carbocycles. The molecule has 0 atom stereocenters. The van der Waals surface area contributed by atoms with Gasteiger partial charge in [0.25, 0.3) is 10.0 Å². The number of halogens is 2. The second-order valence-corrected chi connectivity index (χ2v) is 5.15. The Bertz CT molecular complexity index is 459. The van der Waals surface area contributed by atoms with E-state index in [1.807, 2.05) is 0 Å². The molecule has 7 heteroatoms. The van der Waals surface area contributed by atoms with Crippen LogP contribution in [0.1, 0.15) is 5.56 Å². The van der Waals surface area contributed by atoms with Gasteiger partial charge in [-0.3, -0.25) is 5.84 Å². The van der Waals surface area contributed by atoms with Crippen LogP contribution in [0.4, 0.5) is 0 Å². The zero-order valence-electron chi connectivity index (χ0n) is 7.21. The highest BCUT2D eigenvalue weighted by Crippen LogP contribution is 2.27. The fourth-order valence-electron chi connectivity index (χ4n) is 0.900. The molecule has 0 fully saturated rings. The lowest BCUT2D eigenvalue weighted by Gasteiger charge is -2.06. The molecule has 4 nitrogen and oxygen atoms in total. The molecule has 0 spiro atoms. The standard InChI is InChI=1S/C7H8Cl2N2O2S/c1-4-2-7(14(12,13)11-10)6(9)3-5(4)8/h2-3,11H,10H2,1H3. The molecule has 1 rings (SSSR count). The highest BCUT2D eigenvalue weighted by atomic mass is 35.5. The summed E-state index contributed by atoms with van der Waals surface area (Å²) in [6.45, 7) is 1.67. The summed E-state index contributed by atoms with van der Waals surface area (Å²) in [4.78, 5) is 1.61. The number of sulfonamides is 1. The van der Waals surface area contributed by atoms with Crippen LogP contribution in [-0.4, -0.2) is 8.42 Å². The van der Waals surface area contributed by atoms with Crippen molar-refractivity contribution < 1.29 is 8.42 Å². The summed E-state index contributed by atoms with van der Waals surface area (Å²) in [6.07, 6.45) is 0. The van der Waals surface area contributed by atoms with E-state index in [9.17, 15) is 8.42 Å². The first kappa shape index (κ1) is 11.7. The van der Waals surface area contributed by atoms with Crippen LogP contribution in [0, 0.1) is 6.92 Å². The molecule has 3 N–H and O–H groups in total. The molecular weight excluding hydrogens is 247 g/mol. The molecule has 0 unspecified atom stereocenters. The van der Waals surface area contributed by atoms with Crippen LogP contribution in [0.5, 0.6) is 0 Å². The van der Waals surface area contributed by atoms with Crippen molar-refractivity contribution in [2.45, 2.75) is 11.8 Å². The van der Waals surface area contributed by atoms with Crippen molar-refractivity contribution >= 4 is 33.2 Å². The Labute approximate surface area is 92.0 Å². The molecule has 0 bridgehead atoms. The van der Waals surface area contributed by atoms with Gasteiger partial charge in [0.05, 0.1) is 5.02 Å². The van der Waals surface area contributed by atoms with E-state index in [1.165, 1.54) is 12.1 Å². The van der Waals surface area contributed by atoms with E-state index in [4.69, 9.17) is 29.0 Å². The van der Waals surface area contributed by atoms with Gasteiger partial charge in [-0.2, -0.15) is 4.83 Å². The molecule has 14 heavy (non-hydrogen) atoms. The number of benzene rings is 1. The normalized spacial score (nSPS) is 11.7. The number of hydrogen-bond donors (Lipinski definition) is 2. The Morgan fingerprint density at radius 1 is 1.29 bits per heavy atom. The van der Waals surface area contributed by atoms with Gasteiger partial charge in [0.2, 0.25) is 0 Å². The van der Waals surface area contributed by atoms with Gasteiger partial charge >= 0.3 is 0 Å². The lowest BCUT2D eigenvalue weighted by Crippen LogP contribution is -2.30. The smallest absolute Gasteiger partial charge is 0.254 e. The zero-order chi connectivity index (χ0) is 10.9. The summed E-state index contributed by atoms with van der Waals surface area (Å²) in [5, 5.41) is 0.449. The van der Waals surface area contributed by atoms with Crippen LogP contribution in [-0.2, 0) is 10.0 Å². The minimum atomic E-state index is -3.73. The molecule has 0 aliphatic heterocycles. The number of nitrogens with two attached hydrogens (primary N) is 1. The largest absolute Gasteiger partial charge is 0.257 e. The van der Waals surface area contributed by atoms with Crippen molar-refractivity contribution in [2.24, 2.45) is 5.84 Å². The van der Waals surface area contributed by atoms with Gasteiger partial charge in [-0.25, -0.2) is 8.42 Å². The Kier molecular flexibility index (Phi) is 3.39. The van der Waals surface area contributed by atoms with Gasteiger partial charge in [0.15, 0.2) is 0 Å². The Morgan fingerprint density at radius 2 is 1.86 bits per heavy atom. The van der Waals surface area contributed by atoms with E-state index in [-0.39, 0.29) is 9.92 Å². The van der Waals surface area contributed by atoms with E-state index in [0.29, 0.717) is 10.6 Å². The average molecular weight is 255 g/mol. The summed E-state index contributed by atoms with van der Waals surface area (Å²) < 4.78 is 22.6. The van der Waals surface area contributed by atoms with E-state index in [1.54, 1.807) is 11.8 Å². The zero-order valence-corrected chi connectivity index (χ0v) is 9.54. The molecule has 0 aliphatic rings. The van der Waals surface area contributed by atoms with Crippen LogP contribution < -0.4 is 10.7 Å². The van der Waals surface area contributed by atoms with E-state index in [0.717, 1.165) is 0 Å². The Hall–Kier alpha value is -0.330. The average Bonchev–Trinajstić information content (AvgIpc) is 2.11. The van der Waals surface area contributed by atoms with Gasteiger partial charge in [0.1, 0.15) is 4.90 Å². The molecule has 0 heterocycles. The van der Waals surface area contributed by atoms with Gasteiger partial charge in [0, 0.05) is 5.02 Å². The predicted octanol–water partition coefficient (Wildman–Crippen LogP) is 1.45.